The summed E-state index contributed by atoms with van der Waals surface area (Å²) < 4.78 is 5.62. The van der Waals surface area contributed by atoms with Crippen LogP contribution in [0.4, 0.5) is 0 Å². The molecule has 3 heterocycles. The number of fused-ring (bicyclic) bond motifs is 2. The van der Waals surface area contributed by atoms with Crippen molar-refractivity contribution in [3.63, 3.8) is 0 Å². The lowest BCUT2D eigenvalue weighted by Crippen LogP contribution is -2.59. The van der Waals surface area contributed by atoms with Crippen LogP contribution in [0.25, 0.3) is 0 Å². The van der Waals surface area contributed by atoms with Gasteiger partial charge in [0.2, 0.25) is 0 Å². The van der Waals surface area contributed by atoms with Crippen molar-refractivity contribution >= 4 is 0 Å². The number of rotatable bonds is 1. The Hall–Kier alpha value is -0.970. The van der Waals surface area contributed by atoms with E-state index in [0.717, 1.165) is 43.0 Å². The predicted molar refractivity (Wildman–Crippen MR) is 73.0 cm³/mol. The molecule has 0 radical (unpaired) electrons. The second-order valence-electron chi connectivity index (χ2n) is 6.09. The van der Waals surface area contributed by atoms with E-state index in [2.05, 4.69) is 16.9 Å². The Kier molecular flexibility index (Phi) is 3.12. The van der Waals surface area contributed by atoms with E-state index in [1.165, 1.54) is 0 Å². The molecule has 0 spiro atoms. The zero-order valence-corrected chi connectivity index (χ0v) is 11.9. The van der Waals surface area contributed by atoms with Crippen LogP contribution in [0, 0.1) is 13.8 Å². The molecule has 4 nitrogen and oxygen atoms in total. The summed E-state index contributed by atoms with van der Waals surface area (Å²) in [4.78, 5) is 6.76. The van der Waals surface area contributed by atoms with Gasteiger partial charge in [-0.25, -0.2) is 0 Å². The first-order chi connectivity index (χ1) is 8.98. The lowest BCUT2D eigenvalue weighted by atomic mass is 9.77. The van der Waals surface area contributed by atoms with Gasteiger partial charge in [0.05, 0.1) is 18.8 Å². The van der Waals surface area contributed by atoms with Crippen LogP contribution in [0.2, 0.25) is 0 Å². The summed E-state index contributed by atoms with van der Waals surface area (Å²) in [5.74, 6) is 0. The smallest absolute Gasteiger partial charge is 0.0929 e. The quantitative estimate of drug-likeness (QED) is 0.830. The Labute approximate surface area is 114 Å². The van der Waals surface area contributed by atoms with Crippen LogP contribution in [0.5, 0.6) is 0 Å². The van der Waals surface area contributed by atoms with Gasteiger partial charge in [0.25, 0.3) is 0 Å². The highest BCUT2D eigenvalue weighted by atomic mass is 16.5. The molecule has 104 valence electrons. The summed E-state index contributed by atoms with van der Waals surface area (Å²) in [6.07, 6.45) is 1.48. The van der Waals surface area contributed by atoms with Crippen molar-refractivity contribution in [3.8, 4) is 0 Å². The van der Waals surface area contributed by atoms with Crippen molar-refractivity contribution < 1.29 is 9.84 Å². The van der Waals surface area contributed by atoms with Crippen molar-refractivity contribution in [1.82, 2.24) is 9.88 Å². The average molecular weight is 262 g/mol. The van der Waals surface area contributed by atoms with Crippen LogP contribution < -0.4 is 0 Å². The number of hydrogen-bond donors (Lipinski definition) is 1. The molecule has 0 aromatic carbocycles. The molecule has 2 bridgehead atoms. The van der Waals surface area contributed by atoms with Crippen LogP contribution >= 0.6 is 0 Å². The third kappa shape index (κ3) is 2.29. The highest BCUT2D eigenvalue weighted by molar-refractivity contribution is 5.28. The van der Waals surface area contributed by atoms with Gasteiger partial charge in [-0.15, -0.1) is 0 Å². The first-order valence-corrected chi connectivity index (χ1v) is 6.96. The predicted octanol–water partition coefficient (Wildman–Crippen LogP) is 1.38. The van der Waals surface area contributed by atoms with Crippen molar-refractivity contribution in [2.75, 3.05) is 20.3 Å². The van der Waals surface area contributed by atoms with Gasteiger partial charge in [0, 0.05) is 23.5 Å². The fourth-order valence-electron chi connectivity index (χ4n) is 3.48. The molecule has 2 aliphatic rings. The Morgan fingerprint density at radius 1 is 1.21 bits per heavy atom. The molecule has 1 N–H and O–H groups in total. The molecule has 2 saturated heterocycles. The Balaban J connectivity index is 1.95. The molecule has 3 rings (SSSR count). The summed E-state index contributed by atoms with van der Waals surface area (Å²) in [5.41, 5.74) is 2.24. The van der Waals surface area contributed by atoms with E-state index in [1.54, 1.807) is 0 Å². The maximum absolute atomic E-state index is 11.1. The molecule has 19 heavy (non-hydrogen) atoms. The molecule has 0 saturated carbocycles. The topological polar surface area (TPSA) is 45.6 Å². The minimum atomic E-state index is -0.732. The third-order valence-corrected chi connectivity index (χ3v) is 4.54. The number of likely N-dealkylation sites (N-methyl/N-ethyl adjacent to an activating group) is 1. The standard InChI is InChI=1S/C15H22N2O2/c1-10-4-12(5-11(2)16-10)15(18)6-13-8-19-9-14(7-15)17(13)3/h4-5,13-14,18H,6-9H2,1-3H3. The fraction of sp³-hybridized carbons (Fsp3) is 0.667. The first kappa shape index (κ1) is 13.0. The van der Waals surface area contributed by atoms with E-state index >= 15 is 0 Å². The summed E-state index contributed by atoms with van der Waals surface area (Å²) >= 11 is 0. The molecule has 4 heteroatoms. The van der Waals surface area contributed by atoms with E-state index in [1.807, 2.05) is 26.0 Å². The van der Waals surface area contributed by atoms with Crippen molar-refractivity contribution in [2.24, 2.45) is 0 Å². The highest BCUT2D eigenvalue weighted by Crippen LogP contribution is 2.40. The van der Waals surface area contributed by atoms with Gasteiger partial charge in [-0.1, -0.05) is 0 Å². The number of aryl methyl sites for hydroxylation is 2. The van der Waals surface area contributed by atoms with Crippen molar-refractivity contribution in [3.05, 3.63) is 29.1 Å². The van der Waals surface area contributed by atoms with Crippen LogP contribution in [-0.2, 0) is 10.3 Å². The molecule has 2 aliphatic heterocycles. The number of ether oxygens (including phenoxy) is 1. The Bertz CT molecular complexity index is 455. The van der Waals surface area contributed by atoms with Gasteiger partial charge in [0.1, 0.15) is 0 Å². The molecule has 2 unspecified atom stereocenters. The van der Waals surface area contributed by atoms with E-state index in [0.29, 0.717) is 12.1 Å². The number of hydrogen-bond acceptors (Lipinski definition) is 4. The van der Waals surface area contributed by atoms with E-state index in [-0.39, 0.29) is 0 Å². The lowest BCUT2D eigenvalue weighted by Gasteiger charge is -2.50. The number of morpholine rings is 1. The number of aromatic nitrogens is 1. The molecular weight excluding hydrogens is 240 g/mol. The van der Waals surface area contributed by atoms with Gasteiger partial charge < -0.3 is 9.84 Å². The summed E-state index contributed by atoms with van der Waals surface area (Å²) in [5, 5.41) is 11.1. The Morgan fingerprint density at radius 2 is 1.74 bits per heavy atom. The number of piperidine rings is 1. The van der Waals surface area contributed by atoms with Crippen LogP contribution in [0.15, 0.2) is 12.1 Å². The minimum absolute atomic E-state index is 0.311. The van der Waals surface area contributed by atoms with Gasteiger partial charge >= 0.3 is 0 Å². The third-order valence-electron chi connectivity index (χ3n) is 4.54. The van der Waals surface area contributed by atoms with Gasteiger partial charge in [-0.2, -0.15) is 0 Å². The minimum Gasteiger partial charge on any atom is -0.385 e. The van der Waals surface area contributed by atoms with Crippen LogP contribution in [0.3, 0.4) is 0 Å². The zero-order chi connectivity index (χ0) is 13.6. The molecule has 2 atom stereocenters. The lowest BCUT2D eigenvalue weighted by molar-refractivity contribution is -0.137. The number of pyridine rings is 1. The molecule has 0 amide bonds. The molecular formula is C15H22N2O2. The van der Waals surface area contributed by atoms with E-state index < -0.39 is 5.60 Å². The van der Waals surface area contributed by atoms with Crippen LogP contribution in [0.1, 0.15) is 29.8 Å². The molecule has 1 aromatic heterocycles. The van der Waals surface area contributed by atoms with Gasteiger partial charge in [0.15, 0.2) is 0 Å². The largest absolute Gasteiger partial charge is 0.385 e. The Morgan fingerprint density at radius 3 is 2.26 bits per heavy atom. The monoisotopic (exact) mass is 262 g/mol. The maximum Gasteiger partial charge on any atom is 0.0929 e. The second-order valence-corrected chi connectivity index (χ2v) is 6.09. The molecule has 1 aromatic rings. The first-order valence-electron chi connectivity index (χ1n) is 6.96. The van der Waals surface area contributed by atoms with Crippen LogP contribution in [-0.4, -0.2) is 47.3 Å². The maximum atomic E-state index is 11.1. The summed E-state index contributed by atoms with van der Waals surface area (Å²) in [6.45, 7) is 5.41. The van der Waals surface area contributed by atoms with Gasteiger partial charge in [-0.05, 0) is 51.4 Å². The summed E-state index contributed by atoms with van der Waals surface area (Å²) in [7, 11) is 2.14. The van der Waals surface area contributed by atoms with Gasteiger partial charge in [-0.3, -0.25) is 9.88 Å². The van der Waals surface area contributed by atoms with Crippen molar-refractivity contribution in [1.29, 1.82) is 0 Å². The molecule has 2 fully saturated rings. The SMILES string of the molecule is Cc1cc(C2(O)CC3COCC(C2)N3C)cc(C)n1. The number of nitrogens with zero attached hydrogens (tertiary/aromatic N) is 2. The second kappa shape index (κ2) is 4.54. The fourth-order valence-corrected chi connectivity index (χ4v) is 3.48. The van der Waals surface area contributed by atoms with E-state index in [4.69, 9.17) is 4.74 Å². The average Bonchev–Trinajstić information content (AvgIpc) is 2.30. The van der Waals surface area contributed by atoms with E-state index in [9.17, 15) is 5.11 Å². The number of aliphatic hydroxyl groups is 1. The van der Waals surface area contributed by atoms with Crippen molar-refractivity contribution in [2.45, 2.75) is 44.4 Å². The zero-order valence-electron chi connectivity index (χ0n) is 11.9. The normalized spacial score (nSPS) is 35.4. The molecule has 0 aliphatic carbocycles. The highest BCUT2D eigenvalue weighted by Gasteiger charge is 2.45. The summed E-state index contributed by atoms with van der Waals surface area (Å²) in [6, 6.07) is 4.67.